The lowest BCUT2D eigenvalue weighted by Gasteiger charge is -2.40. The van der Waals surface area contributed by atoms with Crippen molar-refractivity contribution in [3.05, 3.63) is 23.9 Å². The Morgan fingerprint density at radius 1 is 1.21 bits per heavy atom. The third-order valence-electron chi connectivity index (χ3n) is 4.05. The van der Waals surface area contributed by atoms with Crippen LogP contribution in [0.15, 0.2) is 23.9 Å². The van der Waals surface area contributed by atoms with Gasteiger partial charge in [-0.3, -0.25) is 4.79 Å². The van der Waals surface area contributed by atoms with Crippen molar-refractivity contribution in [1.29, 1.82) is 0 Å². The highest BCUT2D eigenvalue weighted by Gasteiger charge is 2.49. The smallest absolute Gasteiger partial charge is 0.247 e. The Morgan fingerprint density at radius 2 is 1.95 bits per heavy atom. The molecule has 3 rings (SSSR count). The van der Waals surface area contributed by atoms with Crippen LogP contribution in [0, 0.1) is 0 Å². The van der Waals surface area contributed by atoms with Gasteiger partial charge in [0.1, 0.15) is 5.54 Å². The first-order valence-electron chi connectivity index (χ1n) is 7.46. The third-order valence-corrected chi connectivity index (χ3v) is 4.05. The van der Waals surface area contributed by atoms with Crippen LogP contribution in [0.3, 0.4) is 0 Å². The summed E-state index contributed by atoms with van der Waals surface area (Å²) < 4.78 is 0. The summed E-state index contributed by atoms with van der Waals surface area (Å²) in [5.41, 5.74) is 0.926. The molecule has 1 amide bonds. The zero-order valence-corrected chi connectivity index (χ0v) is 12.0. The van der Waals surface area contributed by atoms with Gasteiger partial charge in [0.2, 0.25) is 5.91 Å². The molecule has 3 aliphatic rings. The van der Waals surface area contributed by atoms with Crippen molar-refractivity contribution < 1.29 is 4.79 Å². The summed E-state index contributed by atoms with van der Waals surface area (Å²) in [6.45, 7) is 6.52. The summed E-state index contributed by atoms with van der Waals surface area (Å²) in [7, 11) is 0. The Bertz CT molecular complexity index is 381. The summed E-state index contributed by atoms with van der Waals surface area (Å²) >= 11 is 0. The number of nitrogens with one attached hydrogen (secondary N) is 2. The lowest BCUT2D eigenvalue weighted by molar-refractivity contribution is -0.127. The van der Waals surface area contributed by atoms with Crippen LogP contribution in [-0.2, 0) is 4.79 Å². The van der Waals surface area contributed by atoms with Crippen molar-refractivity contribution in [2.24, 2.45) is 0 Å². The van der Waals surface area contributed by atoms with Gasteiger partial charge in [0.15, 0.2) is 0 Å². The van der Waals surface area contributed by atoms with Crippen molar-refractivity contribution >= 4 is 5.91 Å². The molecule has 2 N–H and O–H groups in total. The van der Waals surface area contributed by atoms with Gasteiger partial charge >= 0.3 is 0 Å². The molecule has 19 heavy (non-hydrogen) atoms. The van der Waals surface area contributed by atoms with E-state index in [-0.39, 0.29) is 11.4 Å². The first kappa shape index (κ1) is 14.1. The van der Waals surface area contributed by atoms with Crippen LogP contribution < -0.4 is 10.6 Å². The second kappa shape index (κ2) is 6.24. The molecule has 2 fully saturated rings. The number of hydrogen-bond donors (Lipinski definition) is 2. The van der Waals surface area contributed by atoms with E-state index in [9.17, 15) is 4.79 Å². The Morgan fingerprint density at radius 3 is 2.58 bits per heavy atom. The zero-order valence-electron chi connectivity index (χ0n) is 12.0. The Balaban J connectivity index is 0.000000637. The normalized spacial score (nSPS) is 24.6. The van der Waals surface area contributed by atoms with Crippen molar-refractivity contribution in [3.63, 3.8) is 0 Å². The highest BCUT2D eigenvalue weighted by Crippen LogP contribution is 2.34. The van der Waals surface area contributed by atoms with Gasteiger partial charge in [-0.2, -0.15) is 0 Å². The second-order valence-corrected chi connectivity index (χ2v) is 4.98. The number of carbonyl (C=O) groups excluding carboxylic acids is 1. The standard InChI is InChI=1S/C13H19N3O.C2H6/c17-12-13(6-8-14-9-7-13)16(10-15-12)11-4-2-1-3-5-11;1-2/h2,4-5,14H,1,3,6-10H2,(H,15,17);1-2H3. The molecule has 0 bridgehead atoms. The average Bonchev–Trinajstić information content (AvgIpc) is 2.80. The predicted molar refractivity (Wildman–Crippen MR) is 77.5 cm³/mol. The van der Waals surface area contributed by atoms with Gasteiger partial charge in [-0.15, -0.1) is 0 Å². The van der Waals surface area contributed by atoms with Crippen molar-refractivity contribution in [2.75, 3.05) is 19.8 Å². The van der Waals surface area contributed by atoms with E-state index in [1.807, 2.05) is 13.8 Å². The predicted octanol–water partition coefficient (Wildman–Crippen LogP) is 1.76. The molecule has 0 aromatic heterocycles. The fourth-order valence-electron chi connectivity index (χ4n) is 3.06. The summed E-state index contributed by atoms with van der Waals surface area (Å²) in [6, 6.07) is 0. The maximum absolute atomic E-state index is 12.2. The Kier molecular flexibility index (Phi) is 4.64. The van der Waals surface area contributed by atoms with Crippen LogP contribution >= 0.6 is 0 Å². The molecule has 2 saturated heterocycles. The molecule has 0 aromatic carbocycles. The van der Waals surface area contributed by atoms with E-state index >= 15 is 0 Å². The van der Waals surface area contributed by atoms with Gasteiger partial charge in [0, 0.05) is 5.70 Å². The van der Waals surface area contributed by atoms with Crippen LogP contribution in [0.2, 0.25) is 0 Å². The van der Waals surface area contributed by atoms with Gasteiger partial charge in [-0.05, 0) is 44.8 Å². The van der Waals surface area contributed by atoms with Gasteiger partial charge < -0.3 is 15.5 Å². The van der Waals surface area contributed by atoms with Crippen LogP contribution in [-0.4, -0.2) is 36.1 Å². The van der Waals surface area contributed by atoms with E-state index in [1.54, 1.807) is 0 Å². The first-order chi connectivity index (χ1) is 9.33. The Hall–Kier alpha value is -1.29. The van der Waals surface area contributed by atoms with E-state index < -0.39 is 0 Å². The molecule has 2 heterocycles. The number of allylic oxidation sites excluding steroid dienone is 3. The number of piperidine rings is 1. The summed E-state index contributed by atoms with van der Waals surface area (Å²) in [4.78, 5) is 14.4. The molecule has 4 heteroatoms. The molecule has 2 aliphatic heterocycles. The molecule has 1 aliphatic carbocycles. The van der Waals surface area contributed by atoms with Gasteiger partial charge in [0.05, 0.1) is 6.67 Å². The van der Waals surface area contributed by atoms with Gasteiger partial charge in [-0.25, -0.2) is 0 Å². The molecular weight excluding hydrogens is 238 g/mol. The minimum absolute atomic E-state index is 0.207. The Labute approximate surface area is 115 Å². The van der Waals surface area contributed by atoms with E-state index in [0.717, 1.165) is 38.8 Å². The number of nitrogens with zero attached hydrogens (tertiary/aromatic N) is 1. The van der Waals surface area contributed by atoms with Crippen molar-refractivity contribution in [1.82, 2.24) is 15.5 Å². The van der Waals surface area contributed by atoms with Crippen molar-refractivity contribution in [3.8, 4) is 0 Å². The summed E-state index contributed by atoms with van der Waals surface area (Å²) in [6.07, 6.45) is 10.6. The zero-order chi connectivity index (χ0) is 13.7. The fraction of sp³-hybridized carbons (Fsp3) is 0.667. The molecule has 1 spiro atoms. The quantitative estimate of drug-likeness (QED) is 0.757. The highest BCUT2D eigenvalue weighted by molar-refractivity contribution is 5.89. The first-order valence-corrected chi connectivity index (χ1v) is 7.46. The van der Waals surface area contributed by atoms with Crippen molar-refractivity contribution in [2.45, 2.75) is 45.1 Å². The largest absolute Gasteiger partial charge is 0.339 e. The van der Waals surface area contributed by atoms with Crippen LogP contribution in [0.5, 0.6) is 0 Å². The SMILES string of the molecule is CC.O=C1NCN(C2=CCCC=C2)C12CCNCC2. The van der Waals surface area contributed by atoms with Gasteiger partial charge in [-0.1, -0.05) is 26.0 Å². The number of hydrogen-bond acceptors (Lipinski definition) is 3. The van der Waals surface area contributed by atoms with Gasteiger partial charge in [0.25, 0.3) is 0 Å². The topological polar surface area (TPSA) is 44.4 Å². The molecule has 0 saturated carbocycles. The van der Waals surface area contributed by atoms with E-state index in [0.29, 0.717) is 6.67 Å². The molecule has 0 radical (unpaired) electrons. The number of rotatable bonds is 1. The lowest BCUT2D eigenvalue weighted by atomic mass is 9.86. The van der Waals surface area contributed by atoms with E-state index in [2.05, 4.69) is 33.8 Å². The summed E-state index contributed by atoms with van der Waals surface area (Å²) in [5, 5.41) is 6.35. The molecule has 4 nitrogen and oxygen atoms in total. The third kappa shape index (κ3) is 2.54. The van der Waals surface area contributed by atoms with Crippen LogP contribution in [0.25, 0.3) is 0 Å². The maximum Gasteiger partial charge on any atom is 0.247 e. The van der Waals surface area contributed by atoms with E-state index in [1.165, 1.54) is 5.70 Å². The summed E-state index contributed by atoms with van der Waals surface area (Å²) in [5.74, 6) is 0.207. The van der Waals surface area contributed by atoms with E-state index in [4.69, 9.17) is 0 Å². The minimum Gasteiger partial charge on any atom is -0.339 e. The highest BCUT2D eigenvalue weighted by atomic mass is 16.2. The minimum atomic E-state index is -0.293. The molecule has 0 unspecified atom stereocenters. The molecular formula is C15H25N3O. The van der Waals surface area contributed by atoms with Crippen LogP contribution in [0.1, 0.15) is 39.5 Å². The number of carbonyl (C=O) groups is 1. The second-order valence-electron chi connectivity index (χ2n) is 4.98. The monoisotopic (exact) mass is 263 g/mol. The molecule has 0 atom stereocenters. The fourth-order valence-corrected chi connectivity index (χ4v) is 3.06. The maximum atomic E-state index is 12.2. The molecule has 106 valence electrons. The lowest BCUT2D eigenvalue weighted by Crippen LogP contribution is -2.54. The average molecular weight is 263 g/mol. The number of amides is 1. The molecule has 0 aromatic rings. The van der Waals surface area contributed by atoms with Crippen LogP contribution in [0.4, 0.5) is 0 Å².